The van der Waals surface area contributed by atoms with Gasteiger partial charge < -0.3 is 14.6 Å². The number of benzene rings is 2. The molecular formula is C19H21ClN2O4. The van der Waals surface area contributed by atoms with Crippen LogP contribution in [0.25, 0.3) is 0 Å². The Morgan fingerprint density at radius 3 is 2.69 bits per heavy atom. The Hall–Kier alpha value is -2.73. The number of phenols is 1. The van der Waals surface area contributed by atoms with Gasteiger partial charge in [0.05, 0.1) is 13.3 Å². The van der Waals surface area contributed by atoms with E-state index in [1.165, 1.54) is 19.4 Å². The van der Waals surface area contributed by atoms with Gasteiger partial charge in [-0.05, 0) is 54.4 Å². The normalized spacial score (nSPS) is 12.0. The van der Waals surface area contributed by atoms with Crippen molar-refractivity contribution in [2.24, 2.45) is 5.10 Å². The summed E-state index contributed by atoms with van der Waals surface area (Å²) in [7, 11) is 1.46. The average Bonchev–Trinajstić information content (AvgIpc) is 2.64. The number of aromatic hydroxyl groups is 1. The van der Waals surface area contributed by atoms with Crippen molar-refractivity contribution in [2.45, 2.75) is 25.9 Å². The summed E-state index contributed by atoms with van der Waals surface area (Å²) in [6.07, 6.45) is 2.14. The lowest BCUT2D eigenvalue weighted by Gasteiger charge is -2.16. The maximum absolute atomic E-state index is 12.3. The highest BCUT2D eigenvalue weighted by molar-refractivity contribution is 6.30. The van der Waals surface area contributed by atoms with Crippen LogP contribution in [0.4, 0.5) is 0 Å². The van der Waals surface area contributed by atoms with Crippen LogP contribution in [0.2, 0.25) is 5.02 Å². The van der Waals surface area contributed by atoms with Crippen LogP contribution < -0.4 is 14.9 Å². The minimum absolute atomic E-state index is 0.0352. The Balaban J connectivity index is 1.99. The quantitative estimate of drug-likeness (QED) is 0.543. The molecule has 2 aromatic carbocycles. The van der Waals surface area contributed by atoms with E-state index < -0.39 is 6.10 Å². The van der Waals surface area contributed by atoms with Gasteiger partial charge in [-0.3, -0.25) is 4.79 Å². The van der Waals surface area contributed by atoms with E-state index in [-0.39, 0.29) is 11.7 Å². The third-order valence-electron chi connectivity index (χ3n) is 3.53. The van der Waals surface area contributed by atoms with E-state index in [9.17, 15) is 9.90 Å². The Labute approximate surface area is 157 Å². The molecule has 0 spiro atoms. The fourth-order valence-electron chi connectivity index (χ4n) is 2.20. The van der Waals surface area contributed by atoms with Crippen LogP contribution in [0.15, 0.2) is 47.6 Å². The van der Waals surface area contributed by atoms with Crippen molar-refractivity contribution in [3.63, 3.8) is 0 Å². The number of carbonyl (C=O) groups excluding carboxylic acids is 1. The summed E-state index contributed by atoms with van der Waals surface area (Å²) in [5.74, 6) is 0.585. The first-order chi connectivity index (χ1) is 12.5. The minimum Gasteiger partial charge on any atom is -0.504 e. The molecule has 0 saturated carbocycles. The zero-order valence-electron chi connectivity index (χ0n) is 14.6. The van der Waals surface area contributed by atoms with Crippen LogP contribution in [0.3, 0.4) is 0 Å². The van der Waals surface area contributed by atoms with Crippen molar-refractivity contribution in [1.82, 2.24) is 5.43 Å². The van der Waals surface area contributed by atoms with E-state index >= 15 is 0 Å². The van der Waals surface area contributed by atoms with E-state index in [0.29, 0.717) is 28.5 Å². The summed E-state index contributed by atoms with van der Waals surface area (Å²) in [6.45, 7) is 1.97. The third-order valence-corrected chi connectivity index (χ3v) is 3.78. The number of halogens is 1. The number of nitrogens with zero attached hydrogens (tertiary/aromatic N) is 1. The van der Waals surface area contributed by atoms with Crippen molar-refractivity contribution < 1.29 is 19.4 Å². The molecule has 0 aliphatic heterocycles. The van der Waals surface area contributed by atoms with E-state index in [0.717, 1.165) is 6.42 Å². The fraction of sp³-hybridized carbons (Fsp3) is 0.263. The molecule has 0 aromatic heterocycles. The molecule has 138 valence electrons. The molecule has 7 heteroatoms. The smallest absolute Gasteiger partial charge is 0.281 e. The molecular weight excluding hydrogens is 356 g/mol. The Morgan fingerprint density at radius 2 is 2.04 bits per heavy atom. The second-order valence-corrected chi connectivity index (χ2v) is 5.95. The number of ether oxygens (including phenoxy) is 2. The molecule has 0 aliphatic rings. The topological polar surface area (TPSA) is 80.2 Å². The first-order valence-corrected chi connectivity index (χ1v) is 8.53. The largest absolute Gasteiger partial charge is 0.504 e. The predicted octanol–water partition coefficient (Wildman–Crippen LogP) is 3.75. The number of hydrazone groups is 1. The zero-order valence-corrected chi connectivity index (χ0v) is 15.4. The van der Waals surface area contributed by atoms with Crippen LogP contribution in [0.5, 0.6) is 17.2 Å². The second-order valence-electron chi connectivity index (χ2n) is 5.51. The molecule has 0 heterocycles. The van der Waals surface area contributed by atoms with E-state index in [1.807, 2.05) is 6.92 Å². The number of amides is 1. The molecule has 0 fully saturated rings. The Bertz CT molecular complexity index is 763. The molecule has 0 radical (unpaired) electrons. The monoisotopic (exact) mass is 376 g/mol. The van der Waals surface area contributed by atoms with E-state index in [1.54, 1.807) is 36.4 Å². The highest BCUT2D eigenvalue weighted by atomic mass is 35.5. The number of rotatable bonds is 8. The number of methoxy groups -OCH3 is 1. The van der Waals surface area contributed by atoms with Gasteiger partial charge in [-0.25, -0.2) is 5.43 Å². The minimum atomic E-state index is -0.660. The van der Waals surface area contributed by atoms with Crippen molar-refractivity contribution in [1.29, 1.82) is 0 Å². The van der Waals surface area contributed by atoms with Gasteiger partial charge in [0, 0.05) is 5.02 Å². The highest BCUT2D eigenvalue weighted by Crippen LogP contribution is 2.25. The lowest BCUT2D eigenvalue weighted by atomic mass is 10.2. The second kappa shape index (κ2) is 9.68. The van der Waals surface area contributed by atoms with Gasteiger partial charge in [0.1, 0.15) is 5.75 Å². The van der Waals surface area contributed by atoms with Crippen LogP contribution in [-0.2, 0) is 4.79 Å². The molecule has 2 rings (SSSR count). The molecule has 0 saturated heterocycles. The summed E-state index contributed by atoms with van der Waals surface area (Å²) in [5.41, 5.74) is 3.15. The summed E-state index contributed by atoms with van der Waals surface area (Å²) in [4.78, 5) is 12.3. The van der Waals surface area contributed by atoms with Crippen LogP contribution >= 0.6 is 11.6 Å². The van der Waals surface area contributed by atoms with Gasteiger partial charge in [-0.1, -0.05) is 24.9 Å². The fourth-order valence-corrected chi connectivity index (χ4v) is 2.33. The summed E-state index contributed by atoms with van der Waals surface area (Å²) >= 11 is 5.85. The Morgan fingerprint density at radius 1 is 1.31 bits per heavy atom. The van der Waals surface area contributed by atoms with Crippen LogP contribution in [0, 0.1) is 0 Å². The molecule has 26 heavy (non-hydrogen) atoms. The number of hydrogen-bond acceptors (Lipinski definition) is 5. The maximum atomic E-state index is 12.3. The Kier molecular flexibility index (Phi) is 7.29. The summed E-state index contributed by atoms with van der Waals surface area (Å²) < 4.78 is 10.8. The van der Waals surface area contributed by atoms with Crippen molar-refractivity contribution in [2.75, 3.05) is 7.11 Å². The van der Waals surface area contributed by atoms with Gasteiger partial charge in [-0.2, -0.15) is 5.10 Å². The maximum Gasteiger partial charge on any atom is 0.281 e. The number of carbonyl (C=O) groups is 1. The summed E-state index contributed by atoms with van der Waals surface area (Å²) in [6, 6.07) is 11.6. The molecule has 6 nitrogen and oxygen atoms in total. The predicted molar refractivity (Wildman–Crippen MR) is 101 cm³/mol. The SMILES string of the molecule is CCCC(Oc1ccc(Cl)cc1)C(=O)NN=Cc1ccc(O)c(OC)c1. The first kappa shape index (κ1) is 19.6. The van der Waals surface area contributed by atoms with Gasteiger partial charge in [0.15, 0.2) is 17.6 Å². The lowest BCUT2D eigenvalue weighted by Crippen LogP contribution is -2.35. The molecule has 0 aliphatic carbocycles. The van der Waals surface area contributed by atoms with Crippen molar-refractivity contribution in [3.05, 3.63) is 53.1 Å². The zero-order chi connectivity index (χ0) is 18.9. The lowest BCUT2D eigenvalue weighted by molar-refractivity contribution is -0.128. The van der Waals surface area contributed by atoms with Crippen LogP contribution in [0.1, 0.15) is 25.3 Å². The van der Waals surface area contributed by atoms with Crippen molar-refractivity contribution >= 4 is 23.7 Å². The van der Waals surface area contributed by atoms with E-state index in [2.05, 4.69) is 10.5 Å². The standard InChI is InChI=1S/C19H21ClN2O4/c1-3-4-17(26-15-8-6-14(20)7-9-15)19(24)22-21-12-13-5-10-16(23)18(11-13)25-2/h5-12,17,23H,3-4H2,1-2H3,(H,22,24). The number of nitrogens with one attached hydrogen (secondary N) is 1. The van der Waals surface area contributed by atoms with Gasteiger partial charge in [0.2, 0.25) is 0 Å². The first-order valence-electron chi connectivity index (χ1n) is 8.15. The molecule has 0 bridgehead atoms. The number of hydrogen-bond donors (Lipinski definition) is 2. The molecule has 2 N–H and O–H groups in total. The molecule has 1 unspecified atom stereocenters. The molecule has 2 aromatic rings. The van der Waals surface area contributed by atoms with Gasteiger partial charge in [-0.15, -0.1) is 0 Å². The highest BCUT2D eigenvalue weighted by Gasteiger charge is 2.19. The van der Waals surface area contributed by atoms with Crippen molar-refractivity contribution in [3.8, 4) is 17.2 Å². The molecule has 1 atom stereocenters. The number of phenolic OH excluding ortho intramolecular Hbond substituents is 1. The van der Waals surface area contributed by atoms with Gasteiger partial charge >= 0.3 is 0 Å². The average molecular weight is 377 g/mol. The molecule has 1 amide bonds. The van der Waals surface area contributed by atoms with E-state index in [4.69, 9.17) is 21.1 Å². The summed E-state index contributed by atoms with van der Waals surface area (Å²) in [5, 5.41) is 14.1. The van der Waals surface area contributed by atoms with Crippen LogP contribution in [-0.4, -0.2) is 30.4 Å². The van der Waals surface area contributed by atoms with Gasteiger partial charge in [0.25, 0.3) is 5.91 Å². The third kappa shape index (κ3) is 5.67.